The molecule has 0 spiro atoms. The highest BCUT2D eigenvalue weighted by Crippen LogP contribution is 2.56. The summed E-state index contributed by atoms with van der Waals surface area (Å²) in [4.78, 5) is 0. The van der Waals surface area contributed by atoms with Gasteiger partial charge in [-0.1, -0.05) is 6.58 Å². The minimum absolute atomic E-state index is 0.181. The molecule has 0 aliphatic heterocycles. The molecule has 9 heteroatoms. The van der Waals surface area contributed by atoms with E-state index >= 15 is 0 Å². The van der Waals surface area contributed by atoms with Crippen LogP contribution < -0.4 is 0 Å². The molecule has 17 heavy (non-hydrogen) atoms. The van der Waals surface area contributed by atoms with Crippen LogP contribution in [-0.2, 0) is 31.7 Å². The van der Waals surface area contributed by atoms with Gasteiger partial charge >= 0.3 is 15.4 Å². The first-order chi connectivity index (χ1) is 7.95. The highest BCUT2D eigenvalue weighted by Gasteiger charge is 2.32. The van der Waals surface area contributed by atoms with Crippen LogP contribution in [0.5, 0.6) is 0 Å². The van der Waals surface area contributed by atoms with Crippen LogP contribution in [0.1, 0.15) is 13.8 Å². The van der Waals surface area contributed by atoms with Gasteiger partial charge in [-0.05, 0) is 13.8 Å². The fourth-order valence-corrected chi connectivity index (χ4v) is 3.44. The molecule has 0 N–H and O–H groups in total. The third-order valence-electron chi connectivity index (χ3n) is 1.45. The summed E-state index contributed by atoms with van der Waals surface area (Å²) >= 11 is 0. The lowest BCUT2D eigenvalue weighted by Crippen LogP contribution is -2.04. The summed E-state index contributed by atoms with van der Waals surface area (Å²) in [5.74, 6) is 0. The zero-order valence-corrected chi connectivity index (χ0v) is 11.9. The van der Waals surface area contributed by atoms with Crippen molar-refractivity contribution in [3.8, 4) is 0 Å². The molecule has 0 bridgehead atoms. The maximum atomic E-state index is 12.0. The third-order valence-corrected chi connectivity index (χ3v) is 4.70. The maximum Gasteiger partial charge on any atom is 0.529 e. The molecule has 0 amide bonds. The van der Waals surface area contributed by atoms with Crippen molar-refractivity contribution in [1.82, 2.24) is 0 Å². The molecule has 7 nitrogen and oxygen atoms in total. The molecular formula is C8H18O7P2. The lowest BCUT2D eigenvalue weighted by molar-refractivity contribution is 0.155. The van der Waals surface area contributed by atoms with Crippen LogP contribution in [0, 0.1) is 0 Å². The zero-order chi connectivity index (χ0) is 13.4. The fraction of sp³-hybridized carbons (Fsp3) is 0.750. The standard InChI is InChI=1S/C8H18O7P2/c1-5-12-16(9,13-6-2)8-15-17(10,11-4)14-7-3/h7H,3,5-6,8H2,1-2,4H3. The van der Waals surface area contributed by atoms with E-state index in [0.29, 0.717) is 0 Å². The Labute approximate surface area is 101 Å². The largest absolute Gasteiger partial charge is 0.529 e. The summed E-state index contributed by atoms with van der Waals surface area (Å²) in [6, 6.07) is 0. The van der Waals surface area contributed by atoms with Gasteiger partial charge < -0.3 is 13.6 Å². The highest BCUT2D eigenvalue weighted by molar-refractivity contribution is 7.55. The second-order valence-corrected chi connectivity index (χ2v) is 6.33. The third kappa shape index (κ3) is 6.36. The summed E-state index contributed by atoms with van der Waals surface area (Å²) in [5, 5.41) is 0. The van der Waals surface area contributed by atoms with Gasteiger partial charge in [0.1, 0.15) is 0 Å². The predicted molar refractivity (Wildman–Crippen MR) is 62.7 cm³/mol. The van der Waals surface area contributed by atoms with E-state index in [2.05, 4.69) is 15.6 Å². The Kier molecular flexibility index (Phi) is 7.96. The molecule has 0 aliphatic rings. The van der Waals surface area contributed by atoms with Gasteiger partial charge in [0.25, 0.3) is 0 Å². The lowest BCUT2D eigenvalue weighted by atomic mass is 10.9. The van der Waals surface area contributed by atoms with Crippen LogP contribution in [0.15, 0.2) is 12.8 Å². The summed E-state index contributed by atoms with van der Waals surface area (Å²) in [7, 11) is -6.10. The van der Waals surface area contributed by atoms with E-state index < -0.39 is 21.8 Å². The monoisotopic (exact) mass is 288 g/mol. The van der Waals surface area contributed by atoms with E-state index in [4.69, 9.17) is 13.6 Å². The second-order valence-electron chi connectivity index (χ2n) is 2.61. The molecule has 1 unspecified atom stereocenters. The van der Waals surface area contributed by atoms with Crippen molar-refractivity contribution >= 4 is 15.4 Å². The molecule has 0 saturated heterocycles. The van der Waals surface area contributed by atoms with E-state index in [1.165, 1.54) is 0 Å². The highest BCUT2D eigenvalue weighted by atomic mass is 31.2. The molecule has 0 aromatic heterocycles. The van der Waals surface area contributed by atoms with Gasteiger partial charge in [0.15, 0.2) is 6.35 Å². The molecule has 0 heterocycles. The Balaban J connectivity index is 4.52. The average molecular weight is 288 g/mol. The Morgan fingerprint density at radius 3 is 2.00 bits per heavy atom. The molecule has 0 radical (unpaired) electrons. The van der Waals surface area contributed by atoms with Gasteiger partial charge in [0.2, 0.25) is 0 Å². The Morgan fingerprint density at radius 1 is 1.12 bits per heavy atom. The van der Waals surface area contributed by atoms with Gasteiger partial charge in [-0.25, -0.2) is 4.57 Å². The quantitative estimate of drug-likeness (QED) is 0.451. The molecule has 102 valence electrons. The Bertz CT molecular complexity index is 307. The van der Waals surface area contributed by atoms with E-state index in [1.54, 1.807) is 13.8 Å². The molecule has 0 rings (SSSR count). The van der Waals surface area contributed by atoms with Crippen molar-refractivity contribution in [3.63, 3.8) is 0 Å². The lowest BCUT2D eigenvalue weighted by Gasteiger charge is -2.19. The van der Waals surface area contributed by atoms with Crippen LogP contribution in [0.3, 0.4) is 0 Å². The first-order valence-corrected chi connectivity index (χ1v) is 8.12. The average Bonchev–Trinajstić information content (AvgIpc) is 2.28. The molecule has 0 aromatic rings. The number of rotatable bonds is 10. The van der Waals surface area contributed by atoms with Crippen LogP contribution in [0.4, 0.5) is 0 Å². The molecule has 0 aromatic carbocycles. The predicted octanol–water partition coefficient (Wildman–Crippen LogP) is 3.14. The van der Waals surface area contributed by atoms with Crippen LogP contribution >= 0.6 is 15.4 Å². The Hall–Kier alpha value is -0.160. The van der Waals surface area contributed by atoms with Crippen LogP contribution in [-0.4, -0.2) is 26.7 Å². The van der Waals surface area contributed by atoms with Crippen LogP contribution in [0.25, 0.3) is 0 Å². The SMILES string of the molecule is C=COP(=O)(OC)OCP(=O)(OCC)OCC. The first kappa shape index (κ1) is 16.8. The topological polar surface area (TPSA) is 80.3 Å². The zero-order valence-electron chi connectivity index (χ0n) is 10.2. The fourth-order valence-electron chi connectivity index (χ4n) is 0.864. The van der Waals surface area contributed by atoms with Crippen molar-refractivity contribution in [2.45, 2.75) is 13.8 Å². The van der Waals surface area contributed by atoms with E-state index in [0.717, 1.165) is 13.4 Å². The van der Waals surface area contributed by atoms with Crippen molar-refractivity contribution in [2.24, 2.45) is 0 Å². The number of hydrogen-bond donors (Lipinski definition) is 0. The Morgan fingerprint density at radius 2 is 1.65 bits per heavy atom. The number of hydrogen-bond acceptors (Lipinski definition) is 7. The van der Waals surface area contributed by atoms with Gasteiger partial charge in [-0.15, -0.1) is 0 Å². The minimum atomic E-state index is -3.79. The second kappa shape index (κ2) is 8.03. The van der Waals surface area contributed by atoms with Crippen molar-refractivity contribution < 1.29 is 31.7 Å². The van der Waals surface area contributed by atoms with Crippen molar-refractivity contribution in [1.29, 1.82) is 0 Å². The molecule has 0 aliphatic carbocycles. The van der Waals surface area contributed by atoms with Gasteiger partial charge in [-0.2, -0.15) is 0 Å². The number of phosphoric acid groups is 1. The minimum Gasteiger partial charge on any atom is -0.413 e. The summed E-state index contributed by atoms with van der Waals surface area (Å²) in [6.07, 6.45) is 0.393. The van der Waals surface area contributed by atoms with Crippen molar-refractivity contribution in [3.05, 3.63) is 12.8 Å². The van der Waals surface area contributed by atoms with Crippen molar-refractivity contribution in [2.75, 3.05) is 26.7 Å². The van der Waals surface area contributed by atoms with Gasteiger partial charge in [0.05, 0.1) is 19.5 Å². The van der Waals surface area contributed by atoms with E-state index in [9.17, 15) is 9.13 Å². The molecule has 0 saturated carbocycles. The smallest absolute Gasteiger partial charge is 0.413 e. The van der Waals surface area contributed by atoms with Gasteiger partial charge in [0, 0.05) is 7.11 Å². The van der Waals surface area contributed by atoms with Crippen LogP contribution in [0.2, 0.25) is 0 Å². The summed E-state index contributed by atoms with van der Waals surface area (Å²) < 4.78 is 47.4. The summed E-state index contributed by atoms with van der Waals surface area (Å²) in [6.45, 7) is 6.90. The van der Waals surface area contributed by atoms with Gasteiger partial charge in [-0.3, -0.25) is 13.6 Å². The van der Waals surface area contributed by atoms with E-state index in [1.807, 2.05) is 0 Å². The normalized spacial score (nSPS) is 15.2. The molecule has 1 atom stereocenters. The first-order valence-electron chi connectivity index (χ1n) is 4.93. The molecule has 0 fully saturated rings. The maximum absolute atomic E-state index is 12.0. The van der Waals surface area contributed by atoms with E-state index in [-0.39, 0.29) is 13.2 Å². The molecular weight excluding hydrogens is 270 g/mol. The summed E-state index contributed by atoms with van der Waals surface area (Å²) in [5.41, 5.74) is 0. The number of phosphoric ester groups is 1.